The van der Waals surface area contributed by atoms with Gasteiger partial charge in [-0.25, -0.2) is 8.78 Å². The number of fused-ring (bicyclic) bond motifs is 3. The highest BCUT2D eigenvalue weighted by Gasteiger charge is 2.40. The molecule has 0 aromatic carbocycles. The molecule has 4 rings (SSSR count). The van der Waals surface area contributed by atoms with Crippen molar-refractivity contribution in [3.63, 3.8) is 0 Å². The summed E-state index contributed by atoms with van der Waals surface area (Å²) in [6, 6.07) is 0. The second-order valence-corrected chi connectivity index (χ2v) is 7.84. The Bertz CT molecular complexity index is 689. The lowest BCUT2D eigenvalue weighted by atomic mass is 10.1. The summed E-state index contributed by atoms with van der Waals surface area (Å²) in [5.74, 6) is -2.46. The Morgan fingerprint density at radius 3 is 2.76 bits per heavy atom. The molecular weight excluding hydrogens is 328 g/mol. The minimum absolute atomic E-state index is 0.00157. The van der Waals surface area contributed by atoms with E-state index < -0.39 is 5.92 Å². The largest absolute Gasteiger partial charge is 0.340 e. The zero-order valence-electron chi connectivity index (χ0n) is 14.8. The van der Waals surface area contributed by atoms with Crippen LogP contribution in [0.5, 0.6) is 0 Å². The molecule has 6 nitrogen and oxygen atoms in total. The molecule has 1 aromatic rings. The van der Waals surface area contributed by atoms with Crippen molar-refractivity contribution in [3.8, 4) is 0 Å². The Hall–Kier alpha value is -1.54. The van der Waals surface area contributed by atoms with Gasteiger partial charge in [-0.3, -0.25) is 14.4 Å². The molecule has 1 atom stereocenters. The van der Waals surface area contributed by atoms with Gasteiger partial charge in [-0.15, -0.1) is 0 Å². The van der Waals surface area contributed by atoms with Gasteiger partial charge in [0.1, 0.15) is 5.69 Å². The van der Waals surface area contributed by atoms with Gasteiger partial charge < -0.3 is 9.80 Å². The van der Waals surface area contributed by atoms with Crippen LogP contribution in [0.3, 0.4) is 0 Å². The fourth-order valence-corrected chi connectivity index (χ4v) is 4.33. The standard InChI is InChI=1S/C17H25F2N5O/c1-21-5-3-14-13(10-21)15-16(25)22(2)7-12(9-24(15)20-14)8-23-6-4-17(18,19)11-23/h12H,3-11H2,1-2H3. The molecule has 3 aliphatic heterocycles. The summed E-state index contributed by atoms with van der Waals surface area (Å²) in [5.41, 5.74) is 2.75. The van der Waals surface area contributed by atoms with Crippen LogP contribution in [0, 0.1) is 5.92 Å². The van der Waals surface area contributed by atoms with E-state index in [-0.39, 0.29) is 24.8 Å². The predicted octanol–water partition coefficient (Wildman–Crippen LogP) is 0.914. The van der Waals surface area contributed by atoms with Crippen molar-refractivity contribution < 1.29 is 13.6 Å². The van der Waals surface area contributed by atoms with Crippen LogP contribution in [-0.4, -0.2) is 83.1 Å². The number of rotatable bonds is 2. The zero-order chi connectivity index (χ0) is 17.8. The Kier molecular flexibility index (Phi) is 4.07. The van der Waals surface area contributed by atoms with Crippen LogP contribution >= 0.6 is 0 Å². The number of hydrogen-bond acceptors (Lipinski definition) is 4. The van der Waals surface area contributed by atoms with Crippen molar-refractivity contribution in [3.05, 3.63) is 17.0 Å². The lowest BCUT2D eigenvalue weighted by Crippen LogP contribution is -2.37. The van der Waals surface area contributed by atoms with Crippen LogP contribution in [-0.2, 0) is 19.5 Å². The number of carbonyl (C=O) groups is 1. The molecular formula is C17H25F2N5O. The number of carbonyl (C=O) groups excluding carboxylic acids is 1. The van der Waals surface area contributed by atoms with Crippen molar-refractivity contribution in [1.29, 1.82) is 0 Å². The maximum atomic E-state index is 13.5. The van der Waals surface area contributed by atoms with Crippen LogP contribution in [0.1, 0.15) is 28.2 Å². The lowest BCUT2D eigenvalue weighted by molar-refractivity contribution is 0.0102. The number of nitrogens with zero attached hydrogens (tertiary/aromatic N) is 5. The Labute approximate surface area is 146 Å². The SMILES string of the molecule is CN1CCc2nn3c(c2C1)C(=O)N(C)CC(CN1CCC(F)(F)C1)C3. The third-order valence-corrected chi connectivity index (χ3v) is 5.57. The molecule has 0 saturated carbocycles. The van der Waals surface area contributed by atoms with Crippen LogP contribution in [0.2, 0.25) is 0 Å². The Morgan fingerprint density at radius 1 is 1.24 bits per heavy atom. The quantitative estimate of drug-likeness (QED) is 0.793. The first-order valence-electron chi connectivity index (χ1n) is 8.95. The van der Waals surface area contributed by atoms with Gasteiger partial charge >= 0.3 is 0 Å². The van der Waals surface area contributed by atoms with Gasteiger partial charge in [-0.2, -0.15) is 5.10 Å². The topological polar surface area (TPSA) is 44.6 Å². The van der Waals surface area contributed by atoms with Crippen LogP contribution < -0.4 is 0 Å². The molecule has 1 saturated heterocycles. The highest BCUT2D eigenvalue weighted by molar-refractivity contribution is 5.94. The van der Waals surface area contributed by atoms with E-state index in [2.05, 4.69) is 4.90 Å². The van der Waals surface area contributed by atoms with Gasteiger partial charge in [0.05, 0.1) is 12.2 Å². The molecule has 0 spiro atoms. The summed E-state index contributed by atoms with van der Waals surface area (Å²) in [4.78, 5) is 18.6. The summed E-state index contributed by atoms with van der Waals surface area (Å²) in [6.45, 7) is 3.71. The molecule has 25 heavy (non-hydrogen) atoms. The normalized spacial score (nSPS) is 27.3. The number of likely N-dealkylation sites (N-methyl/N-ethyl adjacent to an activating group) is 1. The third-order valence-electron chi connectivity index (χ3n) is 5.57. The van der Waals surface area contributed by atoms with Crippen molar-refractivity contribution in [2.24, 2.45) is 5.92 Å². The van der Waals surface area contributed by atoms with Crippen molar-refractivity contribution in [1.82, 2.24) is 24.5 Å². The summed E-state index contributed by atoms with van der Waals surface area (Å²) in [7, 11) is 3.85. The number of halogens is 2. The highest BCUT2D eigenvalue weighted by atomic mass is 19.3. The highest BCUT2D eigenvalue weighted by Crippen LogP contribution is 2.29. The van der Waals surface area contributed by atoms with Crippen LogP contribution in [0.25, 0.3) is 0 Å². The smallest absolute Gasteiger partial charge is 0.272 e. The van der Waals surface area contributed by atoms with Gasteiger partial charge in [-0.1, -0.05) is 0 Å². The van der Waals surface area contributed by atoms with E-state index in [0.29, 0.717) is 31.9 Å². The second-order valence-electron chi connectivity index (χ2n) is 7.84. The van der Waals surface area contributed by atoms with Gasteiger partial charge in [0, 0.05) is 70.6 Å². The first-order valence-corrected chi connectivity index (χ1v) is 8.95. The monoisotopic (exact) mass is 353 g/mol. The van der Waals surface area contributed by atoms with E-state index in [0.717, 1.165) is 30.8 Å². The van der Waals surface area contributed by atoms with E-state index in [1.807, 2.05) is 16.6 Å². The molecule has 1 aromatic heterocycles. The number of hydrogen-bond donors (Lipinski definition) is 0. The maximum absolute atomic E-state index is 13.5. The fourth-order valence-electron chi connectivity index (χ4n) is 4.33. The molecule has 0 N–H and O–H groups in total. The zero-order valence-corrected chi connectivity index (χ0v) is 14.8. The van der Waals surface area contributed by atoms with Crippen molar-refractivity contribution in [2.45, 2.75) is 31.9 Å². The second kappa shape index (κ2) is 6.02. The van der Waals surface area contributed by atoms with Crippen LogP contribution in [0.15, 0.2) is 0 Å². The summed E-state index contributed by atoms with van der Waals surface area (Å²) in [5, 5.41) is 4.70. The first kappa shape index (κ1) is 16.9. The average molecular weight is 353 g/mol. The van der Waals surface area contributed by atoms with Gasteiger partial charge in [0.2, 0.25) is 0 Å². The molecule has 0 aliphatic carbocycles. The van der Waals surface area contributed by atoms with Gasteiger partial charge in [0.25, 0.3) is 11.8 Å². The van der Waals surface area contributed by atoms with Gasteiger partial charge in [-0.05, 0) is 7.05 Å². The van der Waals surface area contributed by atoms with Crippen molar-refractivity contribution >= 4 is 5.91 Å². The minimum Gasteiger partial charge on any atom is -0.340 e. The van der Waals surface area contributed by atoms with E-state index in [1.54, 1.807) is 11.9 Å². The Balaban J connectivity index is 1.58. The predicted molar refractivity (Wildman–Crippen MR) is 88.7 cm³/mol. The molecule has 0 bridgehead atoms. The molecule has 138 valence electrons. The summed E-state index contributed by atoms with van der Waals surface area (Å²) >= 11 is 0. The molecule has 1 unspecified atom stereocenters. The van der Waals surface area contributed by atoms with Crippen molar-refractivity contribution in [2.75, 3.05) is 46.8 Å². The molecule has 1 amide bonds. The fraction of sp³-hybridized carbons (Fsp3) is 0.765. The Morgan fingerprint density at radius 2 is 2.04 bits per heavy atom. The lowest BCUT2D eigenvalue weighted by Gasteiger charge is -2.25. The molecule has 0 radical (unpaired) electrons. The third kappa shape index (κ3) is 3.17. The summed E-state index contributed by atoms with van der Waals surface area (Å²) in [6.07, 6.45) is 0.786. The number of amides is 1. The molecule has 1 fully saturated rings. The van der Waals surface area contributed by atoms with E-state index in [1.165, 1.54) is 0 Å². The maximum Gasteiger partial charge on any atom is 0.272 e. The van der Waals surface area contributed by atoms with E-state index >= 15 is 0 Å². The first-order chi connectivity index (χ1) is 11.8. The molecule has 8 heteroatoms. The number of aromatic nitrogens is 2. The van der Waals surface area contributed by atoms with Crippen LogP contribution in [0.4, 0.5) is 8.78 Å². The minimum atomic E-state index is -2.58. The number of likely N-dealkylation sites (tertiary alicyclic amines) is 1. The average Bonchev–Trinajstić information content (AvgIpc) is 3.01. The summed E-state index contributed by atoms with van der Waals surface area (Å²) < 4.78 is 28.8. The van der Waals surface area contributed by atoms with E-state index in [9.17, 15) is 13.6 Å². The van der Waals surface area contributed by atoms with Gasteiger partial charge in [0.15, 0.2) is 0 Å². The molecule has 3 aliphatic rings. The van der Waals surface area contributed by atoms with E-state index in [4.69, 9.17) is 5.10 Å². The number of alkyl halides is 2. The molecule has 4 heterocycles.